The van der Waals surface area contributed by atoms with Gasteiger partial charge in [0.2, 0.25) is 0 Å². The first kappa shape index (κ1) is 14.4. The second kappa shape index (κ2) is 5.99. The van der Waals surface area contributed by atoms with E-state index in [1.54, 1.807) is 4.68 Å². The highest BCUT2D eigenvalue weighted by molar-refractivity contribution is 5.70. The van der Waals surface area contributed by atoms with Gasteiger partial charge in [0.15, 0.2) is 0 Å². The first-order valence-electron chi connectivity index (χ1n) is 7.10. The molecule has 0 atom stereocenters. The number of nitrogen functional groups attached to an aromatic ring is 1. The molecular formula is C16H23N3O. The fraction of sp³-hybridized carbons (Fsp3) is 0.438. The topological polar surface area (TPSA) is 53.1 Å². The third-order valence-corrected chi connectivity index (χ3v) is 3.29. The molecule has 0 spiro atoms. The van der Waals surface area contributed by atoms with Gasteiger partial charge in [0, 0.05) is 18.2 Å². The number of rotatable bonds is 5. The standard InChI is InChI=1S/C16H23N3O/c1-5-9-20-13-8-6-7-12(10-13)15-14(11(2)3)16(17)19(4)18-15/h6-8,10-11H,5,9,17H2,1-4H3. The van der Waals surface area contributed by atoms with Gasteiger partial charge in [-0.3, -0.25) is 4.68 Å². The average Bonchev–Trinajstić information content (AvgIpc) is 2.73. The fourth-order valence-electron chi connectivity index (χ4n) is 2.29. The highest BCUT2D eigenvalue weighted by Gasteiger charge is 2.18. The van der Waals surface area contributed by atoms with E-state index in [9.17, 15) is 0 Å². The molecule has 0 amide bonds. The molecule has 0 saturated carbocycles. The second-order valence-electron chi connectivity index (χ2n) is 5.30. The minimum Gasteiger partial charge on any atom is -0.494 e. The van der Waals surface area contributed by atoms with Crippen molar-refractivity contribution in [2.24, 2.45) is 7.05 Å². The third kappa shape index (κ3) is 2.79. The monoisotopic (exact) mass is 273 g/mol. The molecule has 1 heterocycles. The van der Waals surface area contributed by atoms with Crippen LogP contribution in [0.1, 0.15) is 38.7 Å². The molecule has 0 unspecified atom stereocenters. The molecule has 0 aliphatic heterocycles. The van der Waals surface area contributed by atoms with Crippen LogP contribution in [-0.2, 0) is 7.05 Å². The summed E-state index contributed by atoms with van der Waals surface area (Å²) in [5.74, 6) is 1.94. The molecule has 0 aliphatic carbocycles. The third-order valence-electron chi connectivity index (χ3n) is 3.29. The summed E-state index contributed by atoms with van der Waals surface area (Å²) in [4.78, 5) is 0. The number of hydrogen-bond acceptors (Lipinski definition) is 3. The molecule has 108 valence electrons. The van der Waals surface area contributed by atoms with Gasteiger partial charge in [-0.25, -0.2) is 0 Å². The lowest BCUT2D eigenvalue weighted by Gasteiger charge is -2.09. The number of aryl methyl sites for hydroxylation is 1. The van der Waals surface area contributed by atoms with Gasteiger partial charge >= 0.3 is 0 Å². The molecule has 2 N–H and O–H groups in total. The molecule has 20 heavy (non-hydrogen) atoms. The van der Waals surface area contributed by atoms with Crippen molar-refractivity contribution in [2.75, 3.05) is 12.3 Å². The van der Waals surface area contributed by atoms with E-state index in [4.69, 9.17) is 10.5 Å². The van der Waals surface area contributed by atoms with Gasteiger partial charge in [-0.1, -0.05) is 32.9 Å². The summed E-state index contributed by atoms with van der Waals surface area (Å²) < 4.78 is 7.43. The Morgan fingerprint density at radius 1 is 1.35 bits per heavy atom. The molecule has 0 fully saturated rings. The van der Waals surface area contributed by atoms with E-state index in [1.165, 1.54) is 0 Å². The first-order valence-corrected chi connectivity index (χ1v) is 7.10. The van der Waals surface area contributed by atoms with E-state index in [0.29, 0.717) is 5.92 Å². The van der Waals surface area contributed by atoms with Crippen molar-refractivity contribution in [2.45, 2.75) is 33.1 Å². The van der Waals surface area contributed by atoms with Crippen molar-refractivity contribution < 1.29 is 4.74 Å². The van der Waals surface area contributed by atoms with Gasteiger partial charge in [-0.05, 0) is 24.5 Å². The van der Waals surface area contributed by atoms with Crippen molar-refractivity contribution in [3.8, 4) is 17.0 Å². The van der Waals surface area contributed by atoms with Crippen LogP contribution in [0.25, 0.3) is 11.3 Å². The Kier molecular flexibility index (Phi) is 4.32. The molecule has 0 bridgehead atoms. The average molecular weight is 273 g/mol. The van der Waals surface area contributed by atoms with Gasteiger partial charge < -0.3 is 10.5 Å². The van der Waals surface area contributed by atoms with Crippen molar-refractivity contribution in [3.63, 3.8) is 0 Å². The SMILES string of the molecule is CCCOc1cccc(-c2nn(C)c(N)c2C(C)C)c1. The van der Waals surface area contributed by atoms with Crippen LogP contribution in [0.3, 0.4) is 0 Å². The summed E-state index contributed by atoms with van der Waals surface area (Å²) in [5.41, 5.74) is 9.22. The number of anilines is 1. The van der Waals surface area contributed by atoms with Gasteiger partial charge in [0.05, 0.1) is 12.3 Å². The number of hydrogen-bond donors (Lipinski definition) is 1. The summed E-state index contributed by atoms with van der Waals surface area (Å²) in [6.07, 6.45) is 0.998. The predicted octanol–water partition coefficient (Wildman–Crippen LogP) is 3.58. The molecule has 0 radical (unpaired) electrons. The van der Waals surface area contributed by atoms with E-state index < -0.39 is 0 Å². The molecule has 1 aromatic carbocycles. The van der Waals surface area contributed by atoms with Gasteiger partial charge in [0.25, 0.3) is 0 Å². The van der Waals surface area contributed by atoms with Crippen molar-refractivity contribution in [1.29, 1.82) is 0 Å². The van der Waals surface area contributed by atoms with E-state index in [2.05, 4.69) is 25.9 Å². The number of benzene rings is 1. The molecule has 0 aliphatic rings. The van der Waals surface area contributed by atoms with Crippen LogP contribution in [0.4, 0.5) is 5.82 Å². The van der Waals surface area contributed by atoms with Crippen LogP contribution in [-0.4, -0.2) is 16.4 Å². The largest absolute Gasteiger partial charge is 0.494 e. The highest BCUT2D eigenvalue weighted by Crippen LogP contribution is 2.33. The van der Waals surface area contributed by atoms with Gasteiger partial charge in [-0.2, -0.15) is 5.10 Å². The Hall–Kier alpha value is -1.97. The highest BCUT2D eigenvalue weighted by atomic mass is 16.5. The molecule has 2 aromatic rings. The Bertz CT molecular complexity index is 587. The van der Waals surface area contributed by atoms with Gasteiger partial charge in [-0.15, -0.1) is 0 Å². The van der Waals surface area contributed by atoms with E-state index in [-0.39, 0.29) is 0 Å². The van der Waals surface area contributed by atoms with Gasteiger partial charge in [0.1, 0.15) is 11.6 Å². The molecule has 0 saturated heterocycles. The number of nitrogens with two attached hydrogens (primary N) is 1. The zero-order chi connectivity index (χ0) is 14.7. The predicted molar refractivity (Wildman–Crippen MR) is 82.9 cm³/mol. The van der Waals surface area contributed by atoms with Crippen LogP contribution in [0.15, 0.2) is 24.3 Å². The lowest BCUT2D eigenvalue weighted by molar-refractivity contribution is 0.317. The van der Waals surface area contributed by atoms with E-state index in [0.717, 1.165) is 41.4 Å². The summed E-state index contributed by atoms with van der Waals surface area (Å²) >= 11 is 0. The Balaban J connectivity index is 2.43. The normalized spacial score (nSPS) is 11.1. The van der Waals surface area contributed by atoms with Crippen molar-refractivity contribution in [3.05, 3.63) is 29.8 Å². The Morgan fingerprint density at radius 2 is 2.10 bits per heavy atom. The van der Waals surface area contributed by atoms with Crippen LogP contribution >= 0.6 is 0 Å². The Labute approximate surface area is 120 Å². The van der Waals surface area contributed by atoms with Crippen LogP contribution in [0.5, 0.6) is 5.75 Å². The maximum atomic E-state index is 6.13. The molecule has 4 heteroatoms. The zero-order valence-corrected chi connectivity index (χ0v) is 12.7. The summed E-state index contributed by atoms with van der Waals surface area (Å²) in [5, 5.41) is 4.56. The second-order valence-corrected chi connectivity index (χ2v) is 5.30. The molecule has 4 nitrogen and oxygen atoms in total. The first-order chi connectivity index (χ1) is 9.54. The lowest BCUT2D eigenvalue weighted by Crippen LogP contribution is -2.00. The quantitative estimate of drug-likeness (QED) is 0.906. The minimum absolute atomic E-state index is 0.332. The van der Waals surface area contributed by atoms with Crippen LogP contribution in [0.2, 0.25) is 0 Å². The fourth-order valence-corrected chi connectivity index (χ4v) is 2.29. The summed E-state index contributed by atoms with van der Waals surface area (Å²) in [7, 11) is 1.88. The molecule has 2 rings (SSSR count). The number of nitrogens with zero attached hydrogens (tertiary/aromatic N) is 2. The zero-order valence-electron chi connectivity index (χ0n) is 12.7. The lowest BCUT2D eigenvalue weighted by atomic mass is 9.98. The smallest absolute Gasteiger partial charge is 0.125 e. The Morgan fingerprint density at radius 3 is 2.75 bits per heavy atom. The van der Waals surface area contributed by atoms with E-state index >= 15 is 0 Å². The molecular weight excluding hydrogens is 250 g/mol. The summed E-state index contributed by atoms with van der Waals surface area (Å²) in [6.45, 7) is 7.09. The van der Waals surface area contributed by atoms with E-state index in [1.807, 2.05) is 31.3 Å². The minimum atomic E-state index is 0.332. The van der Waals surface area contributed by atoms with Crippen molar-refractivity contribution >= 4 is 5.82 Å². The van der Waals surface area contributed by atoms with Crippen LogP contribution in [0, 0.1) is 0 Å². The number of ether oxygens (including phenoxy) is 1. The molecule has 1 aromatic heterocycles. The van der Waals surface area contributed by atoms with Crippen molar-refractivity contribution in [1.82, 2.24) is 9.78 Å². The maximum Gasteiger partial charge on any atom is 0.125 e. The summed E-state index contributed by atoms with van der Waals surface area (Å²) in [6, 6.07) is 8.05. The maximum absolute atomic E-state index is 6.13. The van der Waals surface area contributed by atoms with Crippen LogP contribution < -0.4 is 10.5 Å². The number of aromatic nitrogens is 2.